The molecule has 1 saturated heterocycles. The zero-order chi connectivity index (χ0) is 22.9. The molecule has 0 spiro atoms. The lowest BCUT2D eigenvalue weighted by Gasteiger charge is -2.15. The van der Waals surface area contributed by atoms with Crippen LogP contribution in [-0.4, -0.2) is 38.9 Å². The lowest BCUT2D eigenvalue weighted by molar-refractivity contribution is -0.113. The zero-order valence-corrected chi connectivity index (χ0v) is 18.8. The van der Waals surface area contributed by atoms with Crippen LogP contribution in [0.5, 0.6) is 0 Å². The third-order valence-corrected chi connectivity index (χ3v) is 7.33. The van der Waals surface area contributed by atoms with Crippen LogP contribution in [0.15, 0.2) is 46.5 Å². The summed E-state index contributed by atoms with van der Waals surface area (Å²) in [5.41, 5.74) is 0.0871. The van der Waals surface area contributed by atoms with Gasteiger partial charge in [0.05, 0.1) is 29.6 Å². The number of benzene rings is 1. The maximum Gasteiger partial charge on any atom is 0.272 e. The highest BCUT2D eigenvalue weighted by atomic mass is 32.2. The van der Waals surface area contributed by atoms with E-state index in [2.05, 4.69) is 10.3 Å². The first-order valence-electron chi connectivity index (χ1n) is 10.3. The maximum atomic E-state index is 13.9. The van der Waals surface area contributed by atoms with Gasteiger partial charge in [-0.1, -0.05) is 11.8 Å². The van der Waals surface area contributed by atoms with Gasteiger partial charge in [-0.2, -0.15) is 0 Å². The molecule has 33 heavy (non-hydrogen) atoms. The van der Waals surface area contributed by atoms with Gasteiger partial charge in [-0.05, 0) is 37.1 Å². The standard InChI is InChI=1S/C22H18F2N4O3S2/c23-12-5-6-15(24)16(9-12)26-17(29)11-32-22-27-18-14-4-1-7-25-20(14)33-19(18)21(30)28(22)10-13-3-2-8-31-13/h1,4-7,9,13H,2-3,8,10-11H2,(H,26,29)/t13-/m0/s1. The minimum Gasteiger partial charge on any atom is -0.376 e. The van der Waals surface area contributed by atoms with Crippen LogP contribution in [0.4, 0.5) is 14.5 Å². The summed E-state index contributed by atoms with van der Waals surface area (Å²) in [6.45, 7) is 0.970. The number of nitrogens with one attached hydrogen (secondary N) is 1. The number of nitrogens with zero attached hydrogens (tertiary/aromatic N) is 3. The minimum atomic E-state index is -0.734. The highest BCUT2D eigenvalue weighted by molar-refractivity contribution is 7.99. The quantitative estimate of drug-likeness (QED) is 0.324. The second-order valence-corrected chi connectivity index (χ2v) is 9.48. The monoisotopic (exact) mass is 488 g/mol. The van der Waals surface area contributed by atoms with Crippen LogP contribution in [0.2, 0.25) is 0 Å². The Bertz CT molecular complexity index is 1420. The number of fused-ring (bicyclic) bond motifs is 3. The van der Waals surface area contributed by atoms with Gasteiger partial charge in [-0.15, -0.1) is 11.3 Å². The molecule has 0 bridgehead atoms. The number of ether oxygens (including phenoxy) is 1. The molecular formula is C22H18F2N4O3S2. The number of pyridine rings is 1. The van der Waals surface area contributed by atoms with Crippen molar-refractivity contribution < 1.29 is 18.3 Å². The predicted octanol–water partition coefficient (Wildman–Crippen LogP) is 4.19. The van der Waals surface area contributed by atoms with Crippen LogP contribution in [0.3, 0.4) is 0 Å². The van der Waals surface area contributed by atoms with Crippen LogP contribution >= 0.6 is 23.1 Å². The number of aromatic nitrogens is 3. The molecule has 1 aromatic carbocycles. The number of rotatable bonds is 6. The van der Waals surface area contributed by atoms with Crippen molar-refractivity contribution in [2.24, 2.45) is 0 Å². The molecule has 1 fully saturated rings. The van der Waals surface area contributed by atoms with Gasteiger partial charge in [0.25, 0.3) is 5.56 Å². The normalized spacial score (nSPS) is 16.0. The molecule has 1 atom stereocenters. The lowest BCUT2D eigenvalue weighted by atomic mass is 10.2. The van der Waals surface area contributed by atoms with E-state index in [-0.39, 0.29) is 23.1 Å². The molecule has 0 radical (unpaired) electrons. The van der Waals surface area contributed by atoms with Gasteiger partial charge in [-0.25, -0.2) is 18.7 Å². The topological polar surface area (TPSA) is 86.1 Å². The first-order chi connectivity index (χ1) is 16.0. The van der Waals surface area contributed by atoms with Gasteiger partial charge in [-0.3, -0.25) is 14.2 Å². The van der Waals surface area contributed by atoms with Crippen molar-refractivity contribution in [2.75, 3.05) is 17.7 Å². The molecule has 0 unspecified atom stereocenters. The zero-order valence-electron chi connectivity index (χ0n) is 17.2. The molecule has 0 aliphatic carbocycles. The van der Waals surface area contributed by atoms with E-state index in [0.717, 1.165) is 48.2 Å². The summed E-state index contributed by atoms with van der Waals surface area (Å²) in [6.07, 6.45) is 3.31. The van der Waals surface area contributed by atoms with Crippen LogP contribution in [-0.2, 0) is 16.1 Å². The van der Waals surface area contributed by atoms with Gasteiger partial charge in [0.15, 0.2) is 5.16 Å². The Balaban J connectivity index is 1.47. The number of thiophene rings is 1. The van der Waals surface area contributed by atoms with Gasteiger partial charge >= 0.3 is 0 Å². The van der Waals surface area contributed by atoms with Crippen LogP contribution in [0.25, 0.3) is 20.4 Å². The number of hydrogen-bond acceptors (Lipinski definition) is 7. The van der Waals surface area contributed by atoms with E-state index >= 15 is 0 Å². The third kappa shape index (κ3) is 4.48. The van der Waals surface area contributed by atoms with E-state index < -0.39 is 17.5 Å². The van der Waals surface area contributed by atoms with Crippen LogP contribution in [0.1, 0.15) is 12.8 Å². The van der Waals surface area contributed by atoms with Crippen molar-refractivity contribution in [1.29, 1.82) is 0 Å². The first-order valence-corrected chi connectivity index (χ1v) is 12.1. The highest BCUT2D eigenvalue weighted by Crippen LogP contribution is 2.31. The molecule has 1 aliphatic rings. The number of carbonyl (C=O) groups is 1. The first kappa shape index (κ1) is 21.9. The van der Waals surface area contributed by atoms with Crippen molar-refractivity contribution in [3.63, 3.8) is 0 Å². The Labute approximate surface area is 194 Å². The van der Waals surface area contributed by atoms with Crippen LogP contribution in [0, 0.1) is 11.6 Å². The van der Waals surface area contributed by atoms with Gasteiger partial charge in [0, 0.05) is 24.3 Å². The summed E-state index contributed by atoms with van der Waals surface area (Å²) in [7, 11) is 0. The fraction of sp³-hybridized carbons (Fsp3) is 0.273. The van der Waals surface area contributed by atoms with Crippen molar-refractivity contribution in [1.82, 2.24) is 14.5 Å². The number of thioether (sulfide) groups is 1. The molecule has 1 amide bonds. The molecule has 1 aliphatic heterocycles. The summed E-state index contributed by atoms with van der Waals surface area (Å²) in [6, 6.07) is 6.47. The fourth-order valence-electron chi connectivity index (χ4n) is 3.71. The van der Waals surface area contributed by atoms with E-state index in [4.69, 9.17) is 9.72 Å². The Kier molecular flexibility index (Phi) is 6.09. The third-order valence-electron chi connectivity index (χ3n) is 5.26. The van der Waals surface area contributed by atoms with Crippen molar-refractivity contribution >= 4 is 55.1 Å². The highest BCUT2D eigenvalue weighted by Gasteiger charge is 2.22. The molecule has 1 N–H and O–H groups in total. The number of anilines is 1. The van der Waals surface area contributed by atoms with E-state index in [1.807, 2.05) is 6.07 Å². The van der Waals surface area contributed by atoms with Crippen molar-refractivity contribution in [2.45, 2.75) is 30.6 Å². The smallest absolute Gasteiger partial charge is 0.272 e. The second-order valence-electron chi connectivity index (χ2n) is 7.54. The minimum absolute atomic E-state index is 0.107. The predicted molar refractivity (Wildman–Crippen MR) is 124 cm³/mol. The average Bonchev–Trinajstić information content (AvgIpc) is 3.45. The summed E-state index contributed by atoms with van der Waals surface area (Å²) >= 11 is 2.35. The van der Waals surface area contributed by atoms with Gasteiger partial charge < -0.3 is 10.1 Å². The Morgan fingerprint density at radius 3 is 3.03 bits per heavy atom. The Morgan fingerprint density at radius 2 is 2.21 bits per heavy atom. The van der Waals surface area contributed by atoms with E-state index in [9.17, 15) is 18.4 Å². The Hall–Kier alpha value is -2.89. The SMILES string of the molecule is O=C(CSc1nc2c(sc3ncccc32)c(=O)n1C[C@@H]1CCCO1)Nc1cc(F)ccc1F. The average molecular weight is 489 g/mol. The van der Waals surface area contributed by atoms with Gasteiger partial charge in [0.2, 0.25) is 5.91 Å². The number of halogens is 2. The molecule has 3 aromatic heterocycles. The molecule has 0 saturated carbocycles. The summed E-state index contributed by atoms with van der Waals surface area (Å²) in [5, 5.41) is 3.50. The van der Waals surface area contributed by atoms with Crippen molar-refractivity contribution in [3.05, 3.63) is 58.5 Å². The summed E-state index contributed by atoms with van der Waals surface area (Å²) in [5.74, 6) is -2.07. The van der Waals surface area contributed by atoms with E-state index in [1.165, 1.54) is 15.9 Å². The molecule has 170 valence electrons. The molecule has 11 heteroatoms. The van der Waals surface area contributed by atoms with E-state index in [1.54, 1.807) is 12.3 Å². The molecule has 5 rings (SSSR count). The summed E-state index contributed by atoms with van der Waals surface area (Å²) < 4.78 is 35.0. The fourth-order valence-corrected chi connectivity index (χ4v) is 5.55. The van der Waals surface area contributed by atoms with E-state index in [0.29, 0.717) is 33.4 Å². The molecule has 7 nitrogen and oxygen atoms in total. The number of carbonyl (C=O) groups excluding carboxylic acids is 1. The largest absolute Gasteiger partial charge is 0.376 e. The van der Waals surface area contributed by atoms with Crippen molar-refractivity contribution in [3.8, 4) is 0 Å². The molecular weight excluding hydrogens is 470 g/mol. The van der Waals surface area contributed by atoms with Crippen LogP contribution < -0.4 is 10.9 Å². The Morgan fingerprint density at radius 1 is 1.33 bits per heavy atom. The second kappa shape index (κ2) is 9.16. The molecule has 4 aromatic rings. The summed E-state index contributed by atoms with van der Waals surface area (Å²) in [4.78, 5) is 35.6. The maximum absolute atomic E-state index is 13.9. The van der Waals surface area contributed by atoms with Gasteiger partial charge in [0.1, 0.15) is 21.2 Å². The number of amides is 1. The molecule has 4 heterocycles. The number of hydrogen-bond donors (Lipinski definition) is 1. The lowest BCUT2D eigenvalue weighted by Crippen LogP contribution is -2.28.